The summed E-state index contributed by atoms with van der Waals surface area (Å²) in [7, 11) is 0. The molecule has 1 aromatic carbocycles. The Hall–Kier alpha value is -2.61. The maximum Gasteiger partial charge on any atom is 0.491 e. The fraction of sp³-hybridized carbons (Fsp3) is 0.524. The lowest BCUT2D eigenvalue weighted by Gasteiger charge is -2.66. The lowest BCUT2D eigenvalue weighted by molar-refractivity contribution is -0.915. The van der Waals surface area contributed by atoms with Crippen molar-refractivity contribution < 1.29 is 42.0 Å². The highest BCUT2D eigenvalue weighted by atomic mass is 19.4. The fourth-order valence-corrected chi connectivity index (χ4v) is 6.15. The van der Waals surface area contributed by atoms with Crippen LogP contribution >= 0.6 is 0 Å². The molecule has 2 aliphatic carbocycles. The second kappa shape index (κ2) is 6.00. The molecule has 5 atom stereocenters. The summed E-state index contributed by atoms with van der Waals surface area (Å²) in [5.41, 5.74) is -1.99. The van der Waals surface area contributed by atoms with Crippen LogP contribution in [0.25, 0.3) is 0 Å². The van der Waals surface area contributed by atoms with Gasteiger partial charge in [0.1, 0.15) is 18.2 Å². The molecule has 0 radical (unpaired) electrons. The smallest absolute Gasteiger partial charge is 0.491 e. The lowest BCUT2D eigenvalue weighted by Crippen LogP contribution is -2.80. The van der Waals surface area contributed by atoms with Gasteiger partial charge in [0.25, 0.3) is 0 Å². The molecular formula is C21H18F3NO6. The summed E-state index contributed by atoms with van der Waals surface area (Å²) in [5, 5.41) is 25.5. The van der Waals surface area contributed by atoms with E-state index < -0.39 is 45.7 Å². The molecule has 0 aromatic heterocycles. The highest BCUT2D eigenvalue weighted by molar-refractivity contribution is 5.90. The molecule has 2 unspecified atom stereocenters. The van der Waals surface area contributed by atoms with Crippen molar-refractivity contribution >= 4 is 11.8 Å². The molecule has 7 nitrogen and oxygen atoms in total. The minimum atomic E-state index is -5.21. The van der Waals surface area contributed by atoms with Crippen LogP contribution in [0.3, 0.4) is 0 Å². The zero-order valence-electron chi connectivity index (χ0n) is 16.2. The number of Topliss-reactive ketones (excluding diaryl/α,β-unsaturated/α-hetero) is 1. The third-order valence-corrected chi connectivity index (χ3v) is 7.36. The number of hydrogen-bond donors (Lipinski definition) is 1. The van der Waals surface area contributed by atoms with E-state index in [1.54, 1.807) is 0 Å². The summed E-state index contributed by atoms with van der Waals surface area (Å²) in [6.07, 6.45) is -0.815. The van der Waals surface area contributed by atoms with E-state index in [-0.39, 0.29) is 50.3 Å². The van der Waals surface area contributed by atoms with Crippen molar-refractivity contribution in [1.29, 1.82) is 0 Å². The number of hydrogen-bond acceptors (Lipinski definition) is 6. The highest BCUT2D eigenvalue weighted by Crippen LogP contribution is 2.65. The molecule has 2 fully saturated rings. The Kier molecular flexibility index (Phi) is 3.93. The SMILES string of the molecule is C#CC[N+]1([O-])CC[C@]23c4c5ccc(OC(=O)C(F)(F)F)c4OC2C(=O)CC[C@@]3(O)[C@H]1C5. The Bertz CT molecular complexity index is 1060. The number of halogens is 3. The number of rotatable bonds is 2. The van der Waals surface area contributed by atoms with E-state index in [0.29, 0.717) is 11.1 Å². The third kappa shape index (κ3) is 2.37. The maximum atomic E-state index is 13.6. The number of alkyl halides is 3. The van der Waals surface area contributed by atoms with Gasteiger partial charge in [-0.2, -0.15) is 13.2 Å². The number of ether oxygens (including phenoxy) is 2. The topological polar surface area (TPSA) is 95.9 Å². The molecular weight excluding hydrogens is 419 g/mol. The first-order valence-electron chi connectivity index (χ1n) is 9.86. The molecule has 1 spiro atoms. The molecule has 1 N–H and O–H groups in total. The van der Waals surface area contributed by atoms with E-state index in [0.717, 1.165) is 6.07 Å². The Morgan fingerprint density at radius 1 is 1.42 bits per heavy atom. The van der Waals surface area contributed by atoms with Gasteiger partial charge in [0.15, 0.2) is 23.4 Å². The van der Waals surface area contributed by atoms with Crippen LogP contribution in [0, 0.1) is 17.6 Å². The number of carbonyl (C=O) groups excluding carboxylic acids is 2. The number of quaternary nitrogens is 1. The van der Waals surface area contributed by atoms with Crippen molar-refractivity contribution in [2.75, 3.05) is 13.1 Å². The van der Waals surface area contributed by atoms with Gasteiger partial charge in [0.2, 0.25) is 0 Å². The number of piperidine rings is 1. The Morgan fingerprint density at radius 2 is 2.16 bits per heavy atom. The van der Waals surface area contributed by atoms with Crippen LogP contribution < -0.4 is 9.47 Å². The van der Waals surface area contributed by atoms with Gasteiger partial charge in [0.05, 0.1) is 12.0 Å². The molecule has 31 heavy (non-hydrogen) atoms. The average Bonchev–Trinajstić information content (AvgIpc) is 3.05. The zero-order valence-corrected chi connectivity index (χ0v) is 16.2. The van der Waals surface area contributed by atoms with E-state index >= 15 is 0 Å². The van der Waals surface area contributed by atoms with Crippen molar-refractivity contribution in [2.24, 2.45) is 0 Å². The Morgan fingerprint density at radius 3 is 2.84 bits per heavy atom. The number of ketones is 1. The van der Waals surface area contributed by atoms with Crippen LogP contribution in [0.5, 0.6) is 11.5 Å². The van der Waals surface area contributed by atoms with Crippen LogP contribution in [0.15, 0.2) is 12.1 Å². The van der Waals surface area contributed by atoms with Crippen molar-refractivity contribution in [3.8, 4) is 23.8 Å². The predicted octanol–water partition coefficient (Wildman–Crippen LogP) is 1.52. The van der Waals surface area contributed by atoms with E-state index in [2.05, 4.69) is 10.7 Å². The number of carbonyl (C=O) groups is 2. The number of benzene rings is 1. The zero-order chi connectivity index (χ0) is 22.4. The van der Waals surface area contributed by atoms with Crippen molar-refractivity contribution in [1.82, 2.24) is 0 Å². The summed E-state index contributed by atoms with van der Waals surface area (Å²) in [5.74, 6) is -0.956. The van der Waals surface area contributed by atoms with E-state index in [9.17, 15) is 33.1 Å². The maximum absolute atomic E-state index is 13.6. The van der Waals surface area contributed by atoms with Gasteiger partial charge in [-0.1, -0.05) is 6.07 Å². The average molecular weight is 437 g/mol. The molecule has 2 aliphatic heterocycles. The minimum Gasteiger partial charge on any atom is -0.632 e. The molecule has 1 saturated carbocycles. The van der Waals surface area contributed by atoms with Crippen LogP contribution in [0.2, 0.25) is 0 Å². The summed E-state index contributed by atoms with van der Waals surface area (Å²) < 4.78 is 47.8. The van der Waals surface area contributed by atoms with Crippen molar-refractivity contribution in [3.05, 3.63) is 28.5 Å². The van der Waals surface area contributed by atoms with Gasteiger partial charge in [-0.15, -0.1) is 6.42 Å². The van der Waals surface area contributed by atoms with Gasteiger partial charge in [0, 0.05) is 24.8 Å². The first-order chi connectivity index (χ1) is 14.5. The second-order valence-electron chi connectivity index (χ2n) is 8.68. The van der Waals surface area contributed by atoms with Crippen molar-refractivity contribution in [2.45, 2.75) is 55.0 Å². The molecule has 0 amide bonds. The molecule has 10 heteroatoms. The monoisotopic (exact) mass is 437 g/mol. The van der Waals surface area contributed by atoms with Crippen LogP contribution in [-0.4, -0.2) is 58.5 Å². The Balaban J connectivity index is 1.71. The summed E-state index contributed by atoms with van der Waals surface area (Å²) in [4.78, 5) is 24.2. The molecule has 2 heterocycles. The van der Waals surface area contributed by atoms with E-state index in [1.807, 2.05) is 0 Å². The molecule has 2 bridgehead atoms. The number of likely N-dealkylation sites (tertiary alicyclic amines) is 1. The van der Waals surface area contributed by atoms with Crippen molar-refractivity contribution in [3.63, 3.8) is 0 Å². The molecule has 1 aromatic rings. The molecule has 5 rings (SSSR count). The lowest BCUT2D eigenvalue weighted by atomic mass is 9.49. The summed E-state index contributed by atoms with van der Waals surface area (Å²) >= 11 is 0. The summed E-state index contributed by atoms with van der Waals surface area (Å²) in [6.45, 7) is -0.123. The fourth-order valence-electron chi connectivity index (χ4n) is 6.15. The number of hydroxylamine groups is 3. The standard InChI is InChI=1S/C21H18F3NO6/c1-2-8-25(29)9-7-19-15-11-3-4-13(30-18(27)21(22,23)24)16(15)31-17(19)12(26)5-6-20(19,28)14(25)10-11/h1,3-4,14,17,28H,5-10H2/t14-,17?,19+,20-,25?/m1/s1. The number of nitrogens with zero attached hydrogens (tertiary/aromatic N) is 1. The third-order valence-electron chi connectivity index (χ3n) is 7.36. The number of aliphatic hydroxyl groups is 1. The minimum absolute atomic E-state index is 0.0224. The van der Waals surface area contributed by atoms with Crippen LogP contribution in [0.1, 0.15) is 30.4 Å². The Labute approximate surface area is 174 Å². The van der Waals surface area contributed by atoms with E-state index in [4.69, 9.17) is 11.2 Å². The largest absolute Gasteiger partial charge is 0.632 e. The second-order valence-corrected chi connectivity index (χ2v) is 8.68. The first kappa shape index (κ1) is 20.3. The highest BCUT2D eigenvalue weighted by Gasteiger charge is 2.76. The van der Waals surface area contributed by atoms with Crippen LogP contribution in [0.4, 0.5) is 13.2 Å². The number of esters is 1. The van der Waals surface area contributed by atoms with Gasteiger partial charge < -0.3 is 24.4 Å². The quantitative estimate of drug-likeness (QED) is 0.248. The molecule has 4 aliphatic rings. The normalized spacial score (nSPS) is 37.5. The summed E-state index contributed by atoms with van der Waals surface area (Å²) in [6, 6.07) is 1.78. The predicted molar refractivity (Wildman–Crippen MR) is 97.7 cm³/mol. The van der Waals surface area contributed by atoms with Gasteiger partial charge in [-0.25, -0.2) is 4.79 Å². The van der Waals surface area contributed by atoms with Gasteiger partial charge in [-0.05, 0) is 24.0 Å². The van der Waals surface area contributed by atoms with Gasteiger partial charge >= 0.3 is 12.1 Å². The molecule has 164 valence electrons. The first-order valence-corrected chi connectivity index (χ1v) is 9.86. The molecule has 1 saturated heterocycles. The number of terminal acetylenes is 1. The van der Waals surface area contributed by atoms with E-state index in [1.165, 1.54) is 6.07 Å². The van der Waals surface area contributed by atoms with Gasteiger partial charge in [-0.3, -0.25) is 4.79 Å². The van der Waals surface area contributed by atoms with Crippen LogP contribution in [-0.2, 0) is 21.4 Å².